The molecular weight excluding hydrogens is 230 g/mol. The molecule has 2 fully saturated rings. The minimum atomic E-state index is -0.290. The van der Waals surface area contributed by atoms with Crippen molar-refractivity contribution in [1.82, 2.24) is 15.5 Å². The van der Waals surface area contributed by atoms with Gasteiger partial charge < -0.3 is 14.9 Å². The van der Waals surface area contributed by atoms with Crippen LogP contribution in [-0.4, -0.2) is 27.9 Å². The summed E-state index contributed by atoms with van der Waals surface area (Å²) in [4.78, 5) is 4.53. The van der Waals surface area contributed by atoms with Gasteiger partial charge in [-0.1, -0.05) is 18.5 Å². The molecule has 2 heterocycles. The predicted octanol–water partition coefficient (Wildman–Crippen LogP) is 1.76. The van der Waals surface area contributed by atoms with Crippen molar-refractivity contribution >= 4 is 0 Å². The topological polar surface area (TPSA) is 71.2 Å². The third-order valence-electron chi connectivity index (χ3n) is 4.35. The van der Waals surface area contributed by atoms with Gasteiger partial charge in [0.05, 0.1) is 12.1 Å². The van der Waals surface area contributed by atoms with Gasteiger partial charge in [0, 0.05) is 12.5 Å². The molecule has 1 aliphatic carbocycles. The van der Waals surface area contributed by atoms with E-state index in [2.05, 4.69) is 22.4 Å². The summed E-state index contributed by atoms with van der Waals surface area (Å²) in [7, 11) is 0. The fraction of sp³-hybridized carbons (Fsp3) is 0.846. The molecule has 0 spiro atoms. The van der Waals surface area contributed by atoms with Crippen LogP contribution in [0.4, 0.5) is 0 Å². The molecule has 2 unspecified atom stereocenters. The quantitative estimate of drug-likeness (QED) is 0.856. The van der Waals surface area contributed by atoms with E-state index < -0.39 is 0 Å². The van der Waals surface area contributed by atoms with Crippen molar-refractivity contribution in [2.45, 2.75) is 57.1 Å². The molecule has 5 heteroatoms. The normalized spacial score (nSPS) is 36.3. The summed E-state index contributed by atoms with van der Waals surface area (Å²) in [6.07, 6.45) is 5.28. The van der Waals surface area contributed by atoms with Crippen LogP contribution in [0.1, 0.15) is 62.7 Å². The van der Waals surface area contributed by atoms with Crippen molar-refractivity contribution in [3.8, 4) is 0 Å². The Bertz CT molecular complexity index is 407. The van der Waals surface area contributed by atoms with Gasteiger partial charge in [-0.25, -0.2) is 0 Å². The van der Waals surface area contributed by atoms with Crippen LogP contribution < -0.4 is 5.32 Å². The summed E-state index contributed by atoms with van der Waals surface area (Å²) in [5.41, 5.74) is 0. The van der Waals surface area contributed by atoms with Gasteiger partial charge in [-0.15, -0.1) is 0 Å². The van der Waals surface area contributed by atoms with Gasteiger partial charge in [0.15, 0.2) is 5.82 Å². The molecule has 18 heavy (non-hydrogen) atoms. The van der Waals surface area contributed by atoms with Crippen molar-refractivity contribution in [3.63, 3.8) is 0 Å². The number of aliphatic hydroxyl groups is 1. The smallest absolute Gasteiger partial charge is 0.243 e. The first-order valence-electron chi connectivity index (χ1n) is 7.01. The zero-order valence-electron chi connectivity index (χ0n) is 10.8. The third-order valence-corrected chi connectivity index (χ3v) is 4.35. The number of nitrogens with one attached hydrogen (secondary N) is 1. The SMILES string of the molecule is CCC1CCC(c2noc([C@@H]3C[C@@H](O)CN3)n2)C1. The van der Waals surface area contributed by atoms with Crippen molar-refractivity contribution < 1.29 is 9.63 Å². The summed E-state index contributed by atoms with van der Waals surface area (Å²) in [5, 5.41) is 16.8. The Kier molecular flexibility index (Phi) is 3.35. The molecule has 1 aromatic heterocycles. The molecule has 5 nitrogen and oxygen atoms in total. The van der Waals surface area contributed by atoms with Crippen molar-refractivity contribution in [3.05, 3.63) is 11.7 Å². The summed E-state index contributed by atoms with van der Waals surface area (Å²) in [6.45, 7) is 2.86. The van der Waals surface area contributed by atoms with Crippen LogP contribution in [0.15, 0.2) is 4.52 Å². The van der Waals surface area contributed by atoms with E-state index in [-0.39, 0.29) is 12.1 Å². The highest BCUT2D eigenvalue weighted by molar-refractivity contribution is 5.03. The average molecular weight is 251 g/mol. The van der Waals surface area contributed by atoms with Crippen molar-refractivity contribution in [2.24, 2.45) is 5.92 Å². The lowest BCUT2D eigenvalue weighted by Crippen LogP contribution is -2.15. The van der Waals surface area contributed by atoms with Crippen LogP contribution in [0.25, 0.3) is 0 Å². The predicted molar refractivity (Wildman–Crippen MR) is 66.0 cm³/mol. The van der Waals surface area contributed by atoms with E-state index >= 15 is 0 Å². The van der Waals surface area contributed by atoms with Crippen LogP contribution in [0.2, 0.25) is 0 Å². The maximum atomic E-state index is 9.49. The molecule has 1 aliphatic heterocycles. The largest absolute Gasteiger partial charge is 0.392 e. The molecule has 2 N–H and O–H groups in total. The molecule has 0 radical (unpaired) electrons. The first-order valence-corrected chi connectivity index (χ1v) is 7.01. The lowest BCUT2D eigenvalue weighted by atomic mass is 10.0. The highest BCUT2D eigenvalue weighted by atomic mass is 16.5. The lowest BCUT2D eigenvalue weighted by molar-refractivity contribution is 0.191. The van der Waals surface area contributed by atoms with Crippen LogP contribution >= 0.6 is 0 Å². The molecule has 100 valence electrons. The number of aromatic nitrogens is 2. The Labute approximate surface area is 107 Å². The second-order valence-electron chi connectivity index (χ2n) is 5.63. The van der Waals surface area contributed by atoms with Gasteiger partial charge in [0.2, 0.25) is 5.89 Å². The molecule has 1 aromatic rings. The molecule has 0 aromatic carbocycles. The van der Waals surface area contributed by atoms with E-state index in [4.69, 9.17) is 4.52 Å². The molecule has 1 saturated heterocycles. The van der Waals surface area contributed by atoms with Gasteiger partial charge in [-0.2, -0.15) is 4.98 Å². The molecule has 1 saturated carbocycles. The van der Waals surface area contributed by atoms with E-state index in [0.717, 1.165) is 11.7 Å². The standard InChI is InChI=1S/C13H21N3O2/c1-2-8-3-4-9(5-8)12-15-13(18-16-12)11-6-10(17)7-14-11/h8-11,14,17H,2-7H2,1H3/t8?,9?,10-,11+/m1/s1. The highest BCUT2D eigenvalue weighted by Gasteiger charge is 2.31. The average Bonchev–Trinajstić information content (AvgIpc) is 3.07. The monoisotopic (exact) mass is 251 g/mol. The van der Waals surface area contributed by atoms with Crippen LogP contribution in [0.3, 0.4) is 0 Å². The van der Waals surface area contributed by atoms with E-state index in [1.54, 1.807) is 0 Å². The van der Waals surface area contributed by atoms with Gasteiger partial charge >= 0.3 is 0 Å². The van der Waals surface area contributed by atoms with Gasteiger partial charge in [0.1, 0.15) is 0 Å². The third kappa shape index (κ3) is 2.29. The molecule has 2 aliphatic rings. The minimum absolute atomic E-state index is 0.0321. The van der Waals surface area contributed by atoms with Crippen LogP contribution in [0.5, 0.6) is 0 Å². The summed E-state index contributed by atoms with van der Waals surface area (Å²) in [5.74, 6) is 2.80. The lowest BCUT2D eigenvalue weighted by Gasteiger charge is -2.05. The molecule has 0 bridgehead atoms. The zero-order chi connectivity index (χ0) is 12.5. The van der Waals surface area contributed by atoms with E-state index in [9.17, 15) is 5.11 Å². The number of aliphatic hydroxyl groups excluding tert-OH is 1. The van der Waals surface area contributed by atoms with Gasteiger partial charge in [-0.3, -0.25) is 0 Å². The number of hydrogen-bond acceptors (Lipinski definition) is 5. The second kappa shape index (κ2) is 4.97. The maximum absolute atomic E-state index is 9.49. The summed E-state index contributed by atoms with van der Waals surface area (Å²) in [6, 6.07) is 0.0321. The zero-order valence-corrected chi connectivity index (χ0v) is 10.8. The minimum Gasteiger partial charge on any atom is -0.392 e. The van der Waals surface area contributed by atoms with Crippen LogP contribution in [-0.2, 0) is 0 Å². The number of nitrogens with zero attached hydrogens (tertiary/aromatic N) is 2. The molecule has 0 amide bonds. The Morgan fingerprint density at radius 1 is 1.39 bits per heavy atom. The Hall–Kier alpha value is -0.940. The van der Waals surface area contributed by atoms with Crippen LogP contribution in [0, 0.1) is 5.92 Å². The van der Waals surface area contributed by atoms with Crippen molar-refractivity contribution in [1.29, 1.82) is 0 Å². The van der Waals surface area contributed by atoms with E-state index in [1.807, 2.05) is 0 Å². The highest BCUT2D eigenvalue weighted by Crippen LogP contribution is 2.38. The first kappa shape index (κ1) is 12.1. The Morgan fingerprint density at radius 2 is 2.28 bits per heavy atom. The summed E-state index contributed by atoms with van der Waals surface area (Å²) >= 11 is 0. The number of β-amino-alcohol motifs (C(OH)–C–C–N with tert-alkyl or cyclic N) is 1. The fourth-order valence-corrected chi connectivity index (χ4v) is 3.14. The Balaban J connectivity index is 1.66. The first-order chi connectivity index (χ1) is 8.76. The second-order valence-corrected chi connectivity index (χ2v) is 5.63. The maximum Gasteiger partial charge on any atom is 0.243 e. The van der Waals surface area contributed by atoms with E-state index in [1.165, 1.54) is 25.7 Å². The van der Waals surface area contributed by atoms with Gasteiger partial charge in [0.25, 0.3) is 0 Å². The van der Waals surface area contributed by atoms with E-state index in [0.29, 0.717) is 24.8 Å². The Morgan fingerprint density at radius 3 is 2.94 bits per heavy atom. The van der Waals surface area contributed by atoms with Crippen molar-refractivity contribution in [2.75, 3.05) is 6.54 Å². The number of rotatable bonds is 3. The van der Waals surface area contributed by atoms with Gasteiger partial charge in [-0.05, 0) is 31.6 Å². The fourth-order valence-electron chi connectivity index (χ4n) is 3.14. The summed E-state index contributed by atoms with van der Waals surface area (Å²) < 4.78 is 5.34. The molecule has 3 rings (SSSR count). The molecule has 4 atom stereocenters. The molecular formula is C13H21N3O2. The number of hydrogen-bond donors (Lipinski definition) is 2.